The van der Waals surface area contributed by atoms with E-state index in [4.69, 9.17) is 0 Å². The van der Waals surface area contributed by atoms with Crippen LogP contribution < -0.4 is 10.2 Å². The molecule has 1 aliphatic heterocycles. The first-order valence-corrected chi connectivity index (χ1v) is 6.88. The van der Waals surface area contributed by atoms with Crippen molar-refractivity contribution in [2.75, 3.05) is 31.6 Å². The second-order valence-corrected chi connectivity index (χ2v) is 5.18. The van der Waals surface area contributed by atoms with Crippen LogP contribution in [-0.4, -0.2) is 36.9 Å². The molecular weight excluding hydrogens is 250 g/mol. The van der Waals surface area contributed by atoms with Gasteiger partial charge in [0.2, 0.25) is 0 Å². The fraction of sp³-hybridized carbons (Fsp3) is 0.400. The van der Waals surface area contributed by atoms with Crippen LogP contribution in [0.5, 0.6) is 0 Å². The Morgan fingerprint density at radius 3 is 3.05 bits per heavy atom. The van der Waals surface area contributed by atoms with Crippen LogP contribution in [0, 0.1) is 17.2 Å². The van der Waals surface area contributed by atoms with Gasteiger partial charge in [-0.15, -0.1) is 10.2 Å². The van der Waals surface area contributed by atoms with E-state index < -0.39 is 0 Å². The van der Waals surface area contributed by atoms with E-state index in [9.17, 15) is 5.26 Å². The number of fused-ring (bicyclic) bond motifs is 1. The summed E-state index contributed by atoms with van der Waals surface area (Å²) in [5.41, 5.74) is 2.21. The minimum atomic E-state index is 0.425. The summed E-state index contributed by atoms with van der Waals surface area (Å²) in [6.45, 7) is 2.94. The number of aromatic nitrogens is 2. The number of anilines is 1. The Balaban J connectivity index is 2.04. The van der Waals surface area contributed by atoms with Crippen molar-refractivity contribution >= 4 is 16.6 Å². The molecule has 1 unspecified atom stereocenters. The number of nitrogens with one attached hydrogen (secondary N) is 1. The van der Waals surface area contributed by atoms with Gasteiger partial charge in [0.05, 0.1) is 11.2 Å². The van der Waals surface area contributed by atoms with Gasteiger partial charge in [0.25, 0.3) is 0 Å². The minimum Gasteiger partial charge on any atom is -0.368 e. The van der Waals surface area contributed by atoms with E-state index in [1.54, 1.807) is 0 Å². The van der Waals surface area contributed by atoms with Crippen LogP contribution in [0.25, 0.3) is 10.9 Å². The molecule has 0 spiro atoms. The van der Waals surface area contributed by atoms with Crippen molar-refractivity contribution in [3.63, 3.8) is 0 Å². The molecule has 0 saturated carbocycles. The molecule has 1 aromatic heterocycles. The smallest absolute Gasteiger partial charge is 0.187 e. The van der Waals surface area contributed by atoms with Crippen molar-refractivity contribution in [1.82, 2.24) is 15.5 Å². The van der Waals surface area contributed by atoms with Crippen molar-refractivity contribution in [2.24, 2.45) is 5.92 Å². The van der Waals surface area contributed by atoms with Crippen LogP contribution in [0.4, 0.5) is 5.69 Å². The Kier molecular flexibility index (Phi) is 3.48. The summed E-state index contributed by atoms with van der Waals surface area (Å²) in [5, 5.41) is 21.8. The average molecular weight is 267 g/mol. The summed E-state index contributed by atoms with van der Waals surface area (Å²) in [6.07, 6.45) is 1.14. The highest BCUT2D eigenvalue weighted by molar-refractivity contribution is 5.93. The van der Waals surface area contributed by atoms with Crippen molar-refractivity contribution in [2.45, 2.75) is 6.42 Å². The first kappa shape index (κ1) is 12.8. The maximum atomic E-state index is 9.32. The Labute approximate surface area is 118 Å². The first-order valence-electron chi connectivity index (χ1n) is 6.88. The first-order chi connectivity index (χ1) is 9.83. The second kappa shape index (κ2) is 5.43. The standard InChI is InChI=1S/C15H17N5/c1-17-9-11-6-7-20(10-11)15-12-4-2-3-5-13(12)18-19-14(15)8-16/h2-5,11,17H,6-7,9-10H2,1H3. The highest BCUT2D eigenvalue weighted by Crippen LogP contribution is 2.31. The van der Waals surface area contributed by atoms with Crippen LogP contribution >= 0.6 is 0 Å². The third kappa shape index (κ3) is 2.19. The zero-order chi connectivity index (χ0) is 13.9. The van der Waals surface area contributed by atoms with Gasteiger partial charge in [0.15, 0.2) is 5.69 Å². The van der Waals surface area contributed by atoms with Crippen molar-refractivity contribution < 1.29 is 0 Å². The van der Waals surface area contributed by atoms with Gasteiger partial charge in [-0.2, -0.15) is 5.26 Å². The highest BCUT2D eigenvalue weighted by atomic mass is 15.2. The van der Waals surface area contributed by atoms with Gasteiger partial charge in [0, 0.05) is 18.5 Å². The van der Waals surface area contributed by atoms with Gasteiger partial charge >= 0.3 is 0 Å². The topological polar surface area (TPSA) is 64.8 Å². The predicted octanol–water partition coefficient (Wildman–Crippen LogP) is 1.55. The molecule has 102 valence electrons. The third-order valence-corrected chi connectivity index (χ3v) is 3.84. The van der Waals surface area contributed by atoms with Crippen molar-refractivity contribution in [3.05, 3.63) is 30.0 Å². The fourth-order valence-corrected chi connectivity index (χ4v) is 2.93. The quantitative estimate of drug-likeness (QED) is 0.914. The maximum Gasteiger partial charge on any atom is 0.187 e. The SMILES string of the molecule is CNCC1CCN(c2c(C#N)nnc3ccccc23)C1. The fourth-order valence-electron chi connectivity index (χ4n) is 2.93. The summed E-state index contributed by atoms with van der Waals surface area (Å²) in [4.78, 5) is 2.28. The molecule has 1 saturated heterocycles. The van der Waals surface area contributed by atoms with Gasteiger partial charge < -0.3 is 10.2 Å². The van der Waals surface area contributed by atoms with E-state index in [0.717, 1.165) is 42.6 Å². The summed E-state index contributed by atoms with van der Waals surface area (Å²) < 4.78 is 0. The summed E-state index contributed by atoms with van der Waals surface area (Å²) >= 11 is 0. The molecule has 0 bridgehead atoms. The van der Waals surface area contributed by atoms with Crippen LogP contribution in [0.1, 0.15) is 12.1 Å². The molecule has 1 aromatic carbocycles. The van der Waals surface area contributed by atoms with Gasteiger partial charge in [-0.1, -0.05) is 18.2 Å². The third-order valence-electron chi connectivity index (χ3n) is 3.84. The van der Waals surface area contributed by atoms with E-state index in [1.165, 1.54) is 0 Å². The Bertz CT molecular complexity index is 661. The molecule has 1 N–H and O–H groups in total. The molecular formula is C15H17N5. The molecule has 1 atom stereocenters. The van der Waals surface area contributed by atoms with Gasteiger partial charge in [-0.05, 0) is 32.0 Å². The van der Waals surface area contributed by atoms with Gasteiger partial charge in [0.1, 0.15) is 6.07 Å². The average Bonchev–Trinajstić information content (AvgIpc) is 2.94. The lowest BCUT2D eigenvalue weighted by atomic mass is 10.1. The molecule has 0 radical (unpaired) electrons. The van der Waals surface area contributed by atoms with Crippen LogP contribution in [-0.2, 0) is 0 Å². The van der Waals surface area contributed by atoms with Crippen molar-refractivity contribution in [3.8, 4) is 6.07 Å². The van der Waals surface area contributed by atoms with E-state index in [2.05, 4.69) is 26.5 Å². The number of benzene rings is 1. The van der Waals surface area contributed by atoms with E-state index >= 15 is 0 Å². The summed E-state index contributed by atoms with van der Waals surface area (Å²) in [5.74, 6) is 0.624. The molecule has 1 aliphatic rings. The monoisotopic (exact) mass is 267 g/mol. The molecule has 3 rings (SSSR count). The molecule has 5 nitrogen and oxygen atoms in total. The zero-order valence-electron chi connectivity index (χ0n) is 11.5. The number of hydrogen-bond acceptors (Lipinski definition) is 5. The second-order valence-electron chi connectivity index (χ2n) is 5.18. The van der Waals surface area contributed by atoms with Crippen LogP contribution in [0.2, 0.25) is 0 Å². The van der Waals surface area contributed by atoms with E-state index in [1.807, 2.05) is 31.3 Å². The van der Waals surface area contributed by atoms with Gasteiger partial charge in [-0.3, -0.25) is 0 Å². The van der Waals surface area contributed by atoms with Crippen LogP contribution in [0.15, 0.2) is 24.3 Å². The predicted molar refractivity (Wildman–Crippen MR) is 78.5 cm³/mol. The molecule has 2 heterocycles. The lowest BCUT2D eigenvalue weighted by molar-refractivity contribution is 0.549. The Hall–Kier alpha value is -2.19. The molecule has 0 amide bonds. The number of hydrogen-bond donors (Lipinski definition) is 1. The lowest BCUT2D eigenvalue weighted by Gasteiger charge is -2.21. The largest absolute Gasteiger partial charge is 0.368 e. The molecule has 0 aliphatic carbocycles. The minimum absolute atomic E-state index is 0.425. The van der Waals surface area contributed by atoms with Crippen LogP contribution in [0.3, 0.4) is 0 Å². The van der Waals surface area contributed by atoms with Gasteiger partial charge in [-0.25, -0.2) is 0 Å². The molecule has 5 heteroatoms. The molecule has 20 heavy (non-hydrogen) atoms. The van der Waals surface area contributed by atoms with E-state index in [0.29, 0.717) is 11.6 Å². The molecule has 2 aromatic rings. The number of rotatable bonds is 3. The summed E-state index contributed by atoms with van der Waals surface area (Å²) in [7, 11) is 1.98. The normalized spacial score (nSPS) is 18.4. The Morgan fingerprint density at radius 2 is 2.25 bits per heavy atom. The van der Waals surface area contributed by atoms with E-state index in [-0.39, 0.29) is 0 Å². The molecule has 1 fully saturated rings. The maximum absolute atomic E-state index is 9.32. The zero-order valence-corrected chi connectivity index (χ0v) is 11.5. The van der Waals surface area contributed by atoms with Crippen molar-refractivity contribution in [1.29, 1.82) is 5.26 Å². The number of nitrogens with zero attached hydrogens (tertiary/aromatic N) is 4. The lowest BCUT2D eigenvalue weighted by Crippen LogP contribution is -2.25. The Morgan fingerprint density at radius 1 is 1.40 bits per heavy atom. The number of nitriles is 1. The summed E-state index contributed by atoms with van der Waals surface area (Å²) in [6, 6.07) is 10.1. The highest BCUT2D eigenvalue weighted by Gasteiger charge is 2.26.